The highest BCUT2D eigenvalue weighted by Crippen LogP contribution is 2.27. The molecule has 0 spiro atoms. The monoisotopic (exact) mass is 250 g/mol. The number of hydrogen-bond acceptors (Lipinski definition) is 2. The van der Waals surface area contributed by atoms with E-state index in [0.29, 0.717) is 0 Å². The van der Waals surface area contributed by atoms with E-state index in [1.54, 1.807) is 0 Å². The predicted octanol–water partition coefficient (Wildman–Crippen LogP) is 3.25. The lowest BCUT2D eigenvalue weighted by Crippen LogP contribution is -2.15. The van der Waals surface area contributed by atoms with E-state index < -0.39 is 23.3 Å². The van der Waals surface area contributed by atoms with Crippen molar-refractivity contribution in [1.29, 1.82) is 0 Å². The Labute approximate surface area is 104 Å². The van der Waals surface area contributed by atoms with Gasteiger partial charge in [0.05, 0.1) is 18.3 Å². The lowest BCUT2D eigenvalue weighted by Gasteiger charge is -2.18. The molecule has 0 fully saturated rings. The van der Waals surface area contributed by atoms with Gasteiger partial charge in [0.25, 0.3) is 0 Å². The number of carbonyl (C=O) groups is 1. The highest BCUT2D eigenvalue weighted by Gasteiger charge is 2.22. The summed E-state index contributed by atoms with van der Waals surface area (Å²) < 4.78 is 32.1. The second-order valence-electron chi connectivity index (χ2n) is 3.99. The Bertz CT molecular complexity index is 492. The molecule has 2 rings (SSSR count). The third-order valence-electron chi connectivity index (χ3n) is 2.69. The minimum atomic E-state index is -0.855. The molecule has 18 heavy (non-hydrogen) atoms. The van der Waals surface area contributed by atoms with Crippen molar-refractivity contribution in [2.45, 2.75) is 19.1 Å². The molecule has 1 aromatic rings. The van der Waals surface area contributed by atoms with Gasteiger partial charge in [-0.3, -0.25) is 4.79 Å². The lowest BCUT2D eigenvalue weighted by molar-refractivity contribution is -0.105. The SMILES string of the molecule is O=CC1=C(F)CC(OCc2ccccc2)C=C1F. The third-order valence-corrected chi connectivity index (χ3v) is 2.69. The number of aldehydes is 1. The Morgan fingerprint density at radius 2 is 2.00 bits per heavy atom. The average Bonchev–Trinajstić information content (AvgIpc) is 2.37. The molecule has 0 saturated heterocycles. The number of halogens is 2. The summed E-state index contributed by atoms with van der Waals surface area (Å²) in [7, 11) is 0. The normalized spacial score (nSPS) is 19.7. The van der Waals surface area contributed by atoms with Crippen LogP contribution in [0.2, 0.25) is 0 Å². The van der Waals surface area contributed by atoms with Gasteiger partial charge in [-0.15, -0.1) is 0 Å². The van der Waals surface area contributed by atoms with Gasteiger partial charge in [-0.25, -0.2) is 8.78 Å². The van der Waals surface area contributed by atoms with E-state index in [2.05, 4.69) is 0 Å². The van der Waals surface area contributed by atoms with Gasteiger partial charge in [-0.05, 0) is 11.6 Å². The summed E-state index contributed by atoms with van der Waals surface area (Å²) in [5.74, 6) is -1.62. The Balaban J connectivity index is 1.98. The van der Waals surface area contributed by atoms with Crippen molar-refractivity contribution >= 4 is 6.29 Å². The quantitative estimate of drug-likeness (QED) is 0.767. The molecule has 0 heterocycles. The number of allylic oxidation sites excluding steroid dienone is 2. The average molecular weight is 250 g/mol. The molecular formula is C14H12F2O2. The van der Waals surface area contributed by atoms with Crippen molar-refractivity contribution in [1.82, 2.24) is 0 Å². The Hall–Kier alpha value is -1.81. The van der Waals surface area contributed by atoms with Crippen LogP contribution in [0.15, 0.2) is 53.6 Å². The van der Waals surface area contributed by atoms with E-state index in [1.165, 1.54) is 0 Å². The first-order valence-electron chi connectivity index (χ1n) is 5.57. The minimum absolute atomic E-state index is 0.103. The van der Waals surface area contributed by atoms with Gasteiger partial charge in [0.2, 0.25) is 0 Å². The predicted molar refractivity (Wildman–Crippen MR) is 63.0 cm³/mol. The second-order valence-corrected chi connectivity index (χ2v) is 3.99. The third kappa shape index (κ3) is 2.90. The van der Waals surface area contributed by atoms with Gasteiger partial charge in [-0.1, -0.05) is 30.3 Å². The summed E-state index contributed by atoms with van der Waals surface area (Å²) in [4.78, 5) is 10.4. The lowest BCUT2D eigenvalue weighted by atomic mass is 10.0. The maximum absolute atomic E-state index is 13.4. The van der Waals surface area contributed by atoms with Gasteiger partial charge in [0, 0.05) is 6.42 Å². The highest BCUT2D eigenvalue weighted by molar-refractivity contribution is 5.80. The first kappa shape index (κ1) is 12.6. The van der Waals surface area contributed by atoms with Crippen LogP contribution in [0.4, 0.5) is 8.78 Å². The number of ether oxygens (including phenoxy) is 1. The van der Waals surface area contributed by atoms with Crippen LogP contribution in [-0.4, -0.2) is 12.4 Å². The van der Waals surface area contributed by atoms with Gasteiger partial charge >= 0.3 is 0 Å². The maximum Gasteiger partial charge on any atom is 0.155 e. The van der Waals surface area contributed by atoms with Gasteiger partial charge in [0.15, 0.2) is 6.29 Å². The van der Waals surface area contributed by atoms with Crippen LogP contribution in [0.1, 0.15) is 12.0 Å². The van der Waals surface area contributed by atoms with E-state index in [0.717, 1.165) is 11.6 Å². The summed E-state index contributed by atoms with van der Waals surface area (Å²) in [6.07, 6.45) is 0.549. The number of carbonyl (C=O) groups excluding carboxylic acids is 1. The molecule has 0 radical (unpaired) electrons. The molecule has 1 aliphatic rings. The van der Waals surface area contributed by atoms with Crippen molar-refractivity contribution < 1.29 is 18.3 Å². The van der Waals surface area contributed by atoms with Crippen LogP contribution < -0.4 is 0 Å². The summed E-state index contributed by atoms with van der Waals surface area (Å²) in [6.45, 7) is 0.277. The van der Waals surface area contributed by atoms with E-state index >= 15 is 0 Å². The molecule has 4 heteroatoms. The zero-order valence-corrected chi connectivity index (χ0v) is 9.61. The highest BCUT2D eigenvalue weighted by atomic mass is 19.1. The van der Waals surface area contributed by atoms with E-state index in [4.69, 9.17) is 4.74 Å². The molecule has 0 amide bonds. The number of rotatable bonds is 4. The Morgan fingerprint density at radius 1 is 1.28 bits per heavy atom. The summed E-state index contributed by atoms with van der Waals surface area (Å²) >= 11 is 0. The van der Waals surface area contributed by atoms with Crippen molar-refractivity contribution in [2.75, 3.05) is 0 Å². The van der Waals surface area contributed by atoms with E-state index in [9.17, 15) is 13.6 Å². The molecule has 0 N–H and O–H groups in total. The summed E-state index contributed by atoms with van der Waals surface area (Å²) in [5, 5.41) is 0. The van der Waals surface area contributed by atoms with Crippen molar-refractivity contribution in [2.24, 2.45) is 0 Å². The van der Waals surface area contributed by atoms with Crippen LogP contribution in [0.3, 0.4) is 0 Å². The van der Waals surface area contributed by atoms with Crippen LogP contribution >= 0.6 is 0 Å². The zero-order valence-electron chi connectivity index (χ0n) is 9.61. The van der Waals surface area contributed by atoms with Crippen LogP contribution in [0, 0.1) is 0 Å². The fourth-order valence-electron chi connectivity index (χ4n) is 1.73. The topological polar surface area (TPSA) is 26.3 Å². The van der Waals surface area contributed by atoms with Crippen molar-refractivity contribution in [3.05, 3.63) is 59.2 Å². The Morgan fingerprint density at radius 3 is 2.61 bits per heavy atom. The standard InChI is InChI=1S/C14H12F2O2/c15-13-6-11(7-14(16)12(13)8-17)18-9-10-4-2-1-3-5-10/h1-6,8,11H,7,9H2. The fourth-order valence-corrected chi connectivity index (χ4v) is 1.73. The van der Waals surface area contributed by atoms with Crippen molar-refractivity contribution in [3.63, 3.8) is 0 Å². The summed E-state index contributed by atoms with van der Waals surface area (Å²) in [5.41, 5.74) is 0.423. The molecule has 2 nitrogen and oxygen atoms in total. The molecule has 1 aromatic carbocycles. The van der Waals surface area contributed by atoms with Crippen LogP contribution in [0.5, 0.6) is 0 Å². The molecule has 0 aromatic heterocycles. The first-order chi connectivity index (χ1) is 8.70. The molecule has 1 aliphatic carbocycles. The zero-order chi connectivity index (χ0) is 13.0. The molecule has 0 bridgehead atoms. The second kappa shape index (κ2) is 5.69. The van der Waals surface area contributed by atoms with Gasteiger partial charge in [0.1, 0.15) is 11.7 Å². The molecule has 94 valence electrons. The van der Waals surface area contributed by atoms with Crippen LogP contribution in [0.25, 0.3) is 0 Å². The molecule has 1 atom stereocenters. The smallest absolute Gasteiger partial charge is 0.155 e. The largest absolute Gasteiger partial charge is 0.369 e. The number of benzene rings is 1. The molecule has 1 unspecified atom stereocenters. The Kier molecular flexibility index (Phi) is 3.99. The molecule has 0 saturated carbocycles. The first-order valence-corrected chi connectivity index (χ1v) is 5.57. The summed E-state index contributed by atoms with van der Waals surface area (Å²) in [6, 6.07) is 9.34. The van der Waals surface area contributed by atoms with Crippen molar-refractivity contribution in [3.8, 4) is 0 Å². The van der Waals surface area contributed by atoms with Crippen LogP contribution in [-0.2, 0) is 16.1 Å². The molecular weight excluding hydrogens is 238 g/mol. The van der Waals surface area contributed by atoms with E-state index in [1.807, 2.05) is 30.3 Å². The fraction of sp³-hybridized carbons (Fsp3) is 0.214. The van der Waals surface area contributed by atoms with Gasteiger partial charge < -0.3 is 4.74 Å². The minimum Gasteiger partial charge on any atom is -0.369 e. The molecule has 0 aliphatic heterocycles. The maximum atomic E-state index is 13.4. The van der Waals surface area contributed by atoms with Gasteiger partial charge in [-0.2, -0.15) is 0 Å². The van der Waals surface area contributed by atoms with E-state index in [-0.39, 0.29) is 19.3 Å². The number of hydrogen-bond donors (Lipinski definition) is 0.